The lowest BCUT2D eigenvalue weighted by Crippen LogP contribution is -2.48. The highest BCUT2D eigenvalue weighted by molar-refractivity contribution is 7.89. The van der Waals surface area contributed by atoms with Crippen LogP contribution in [0.1, 0.15) is 28.1 Å². The zero-order valence-electron chi connectivity index (χ0n) is 20.7. The Hall–Kier alpha value is -3.07. The molecular formula is C27H31N5O2S. The van der Waals surface area contributed by atoms with Crippen molar-refractivity contribution >= 4 is 21.2 Å². The van der Waals surface area contributed by atoms with Gasteiger partial charge in [0.25, 0.3) is 0 Å². The Morgan fingerprint density at radius 2 is 1.51 bits per heavy atom. The number of aryl methyl sites for hydroxylation is 4. The molecule has 2 aromatic carbocycles. The van der Waals surface area contributed by atoms with Crippen molar-refractivity contribution in [3.05, 3.63) is 82.8 Å². The van der Waals surface area contributed by atoms with Crippen molar-refractivity contribution in [3.8, 4) is 5.69 Å². The highest BCUT2D eigenvalue weighted by atomic mass is 32.2. The highest BCUT2D eigenvalue weighted by Gasteiger charge is 2.31. The van der Waals surface area contributed by atoms with Gasteiger partial charge in [-0.05, 0) is 63.1 Å². The average Bonchev–Trinajstić information content (AvgIpc) is 3.17. The first kappa shape index (κ1) is 23.7. The lowest BCUT2D eigenvalue weighted by Gasteiger charge is -2.34. The minimum Gasteiger partial charge on any atom is -0.293 e. The van der Waals surface area contributed by atoms with E-state index in [1.165, 1.54) is 5.56 Å². The molecule has 0 bridgehead atoms. The molecule has 5 rings (SSSR count). The third-order valence-electron chi connectivity index (χ3n) is 6.68. The largest absolute Gasteiger partial charge is 0.293 e. The molecule has 0 N–H and O–H groups in total. The smallest absolute Gasteiger partial charge is 0.243 e. The molecule has 8 heteroatoms. The van der Waals surface area contributed by atoms with Crippen molar-refractivity contribution in [1.82, 2.24) is 23.7 Å². The molecule has 0 unspecified atom stereocenters. The fraction of sp³-hybridized carbons (Fsp3) is 0.333. The predicted molar refractivity (Wildman–Crippen MR) is 138 cm³/mol. The predicted octanol–water partition coefficient (Wildman–Crippen LogP) is 4.16. The fourth-order valence-electron chi connectivity index (χ4n) is 5.06. The third-order valence-corrected chi connectivity index (χ3v) is 8.88. The summed E-state index contributed by atoms with van der Waals surface area (Å²) in [5.41, 5.74) is 6.61. The third kappa shape index (κ3) is 4.49. The van der Waals surface area contributed by atoms with Gasteiger partial charge in [-0.2, -0.15) is 4.31 Å². The van der Waals surface area contributed by atoms with Gasteiger partial charge in [0.05, 0.1) is 11.4 Å². The van der Waals surface area contributed by atoms with Crippen molar-refractivity contribution in [3.63, 3.8) is 0 Å². The number of nitrogens with zero attached hydrogens (tertiary/aromatic N) is 5. The van der Waals surface area contributed by atoms with Gasteiger partial charge >= 0.3 is 0 Å². The van der Waals surface area contributed by atoms with E-state index < -0.39 is 10.0 Å². The SMILES string of the molecule is Cc1ccc(-n2c(CN3CCN(S(=O)(=O)c4c(C)cc(C)cc4C)CC3)nc3cccnc32)cc1. The minimum absolute atomic E-state index is 0.448. The molecule has 1 aliphatic heterocycles. The maximum atomic E-state index is 13.5. The van der Waals surface area contributed by atoms with E-state index in [4.69, 9.17) is 4.98 Å². The summed E-state index contributed by atoms with van der Waals surface area (Å²) < 4.78 is 30.7. The lowest BCUT2D eigenvalue weighted by atomic mass is 10.1. The second kappa shape index (κ2) is 9.18. The number of hydrogen-bond acceptors (Lipinski definition) is 5. The maximum absolute atomic E-state index is 13.5. The molecule has 0 saturated carbocycles. The Morgan fingerprint density at radius 1 is 0.857 bits per heavy atom. The van der Waals surface area contributed by atoms with Gasteiger partial charge in [0.2, 0.25) is 10.0 Å². The second-order valence-corrected chi connectivity index (χ2v) is 11.3. The summed E-state index contributed by atoms with van der Waals surface area (Å²) in [7, 11) is -3.54. The standard InChI is InChI=1S/C27H31N5O2S/c1-19-7-9-23(10-8-19)32-25(29-24-6-5-11-28-27(24)32)18-30-12-14-31(15-13-30)35(33,34)26-21(3)16-20(2)17-22(26)4/h5-11,16-17H,12-15,18H2,1-4H3. The number of benzene rings is 2. The summed E-state index contributed by atoms with van der Waals surface area (Å²) in [5, 5.41) is 0. The van der Waals surface area contributed by atoms with E-state index in [2.05, 4.69) is 45.6 Å². The Bertz CT molecular complexity index is 1460. The first-order chi connectivity index (χ1) is 16.7. The molecule has 0 aliphatic carbocycles. The van der Waals surface area contributed by atoms with Gasteiger partial charge in [0.15, 0.2) is 5.65 Å². The van der Waals surface area contributed by atoms with Crippen LogP contribution in [0.3, 0.4) is 0 Å². The average molecular weight is 490 g/mol. The van der Waals surface area contributed by atoms with Crippen LogP contribution in [0.5, 0.6) is 0 Å². The van der Waals surface area contributed by atoms with E-state index in [1.807, 2.05) is 45.0 Å². The Kier molecular flexibility index (Phi) is 6.21. The Balaban J connectivity index is 1.38. The van der Waals surface area contributed by atoms with Crippen LogP contribution in [0, 0.1) is 27.7 Å². The molecule has 1 aliphatic rings. The molecule has 0 atom stereocenters. The number of pyridine rings is 1. The zero-order chi connectivity index (χ0) is 24.7. The molecule has 0 amide bonds. The van der Waals surface area contributed by atoms with Crippen LogP contribution in [-0.2, 0) is 16.6 Å². The van der Waals surface area contributed by atoms with Crippen LogP contribution >= 0.6 is 0 Å². The van der Waals surface area contributed by atoms with Gasteiger partial charge < -0.3 is 0 Å². The monoisotopic (exact) mass is 489 g/mol. The van der Waals surface area contributed by atoms with Gasteiger partial charge in [-0.3, -0.25) is 9.47 Å². The van der Waals surface area contributed by atoms with E-state index in [9.17, 15) is 8.42 Å². The highest BCUT2D eigenvalue weighted by Crippen LogP contribution is 2.27. The molecule has 7 nitrogen and oxygen atoms in total. The fourth-order valence-corrected chi connectivity index (χ4v) is 6.90. The molecule has 35 heavy (non-hydrogen) atoms. The quantitative estimate of drug-likeness (QED) is 0.421. The lowest BCUT2D eigenvalue weighted by molar-refractivity contribution is 0.177. The number of aromatic nitrogens is 3. The van der Waals surface area contributed by atoms with Crippen LogP contribution < -0.4 is 0 Å². The number of sulfonamides is 1. The van der Waals surface area contributed by atoms with E-state index >= 15 is 0 Å². The van der Waals surface area contributed by atoms with E-state index in [0.717, 1.165) is 39.4 Å². The molecule has 1 fully saturated rings. The molecule has 182 valence electrons. The summed E-state index contributed by atoms with van der Waals surface area (Å²) in [4.78, 5) is 12.2. The topological polar surface area (TPSA) is 71.3 Å². The Morgan fingerprint density at radius 3 is 2.17 bits per heavy atom. The molecule has 0 spiro atoms. The van der Waals surface area contributed by atoms with E-state index in [1.54, 1.807) is 10.5 Å². The molecule has 4 aromatic rings. The van der Waals surface area contributed by atoms with Crippen LogP contribution in [-0.4, -0.2) is 58.3 Å². The summed E-state index contributed by atoms with van der Waals surface area (Å²) in [6, 6.07) is 16.1. The van der Waals surface area contributed by atoms with Crippen LogP contribution in [0.4, 0.5) is 0 Å². The number of rotatable bonds is 5. The molecule has 1 saturated heterocycles. The number of piperazine rings is 1. The first-order valence-corrected chi connectivity index (χ1v) is 13.4. The van der Waals surface area contributed by atoms with Gasteiger partial charge in [-0.15, -0.1) is 0 Å². The first-order valence-electron chi connectivity index (χ1n) is 11.9. The summed E-state index contributed by atoms with van der Waals surface area (Å²) in [6.07, 6.45) is 1.79. The van der Waals surface area contributed by atoms with Gasteiger partial charge in [-0.25, -0.2) is 18.4 Å². The van der Waals surface area contributed by atoms with Gasteiger partial charge in [0, 0.05) is 38.1 Å². The van der Waals surface area contributed by atoms with Crippen molar-refractivity contribution in [2.24, 2.45) is 0 Å². The molecule has 0 radical (unpaired) electrons. The molecular weight excluding hydrogens is 458 g/mol. The Labute approximate surface area is 207 Å². The van der Waals surface area contributed by atoms with Crippen molar-refractivity contribution in [2.75, 3.05) is 26.2 Å². The van der Waals surface area contributed by atoms with Crippen molar-refractivity contribution in [2.45, 2.75) is 39.1 Å². The van der Waals surface area contributed by atoms with Crippen molar-refractivity contribution < 1.29 is 8.42 Å². The second-order valence-electron chi connectivity index (χ2n) is 9.45. The van der Waals surface area contributed by atoms with E-state index in [0.29, 0.717) is 37.6 Å². The summed E-state index contributed by atoms with van der Waals surface area (Å²) >= 11 is 0. The summed E-state index contributed by atoms with van der Waals surface area (Å²) in [6.45, 7) is 10.7. The van der Waals surface area contributed by atoms with E-state index in [-0.39, 0.29) is 0 Å². The molecule has 3 heterocycles. The van der Waals surface area contributed by atoms with Crippen LogP contribution in [0.2, 0.25) is 0 Å². The number of hydrogen-bond donors (Lipinski definition) is 0. The number of fused-ring (bicyclic) bond motifs is 1. The zero-order valence-corrected chi connectivity index (χ0v) is 21.5. The van der Waals surface area contributed by atoms with Crippen LogP contribution in [0.15, 0.2) is 59.6 Å². The van der Waals surface area contributed by atoms with Crippen molar-refractivity contribution in [1.29, 1.82) is 0 Å². The van der Waals surface area contributed by atoms with Gasteiger partial charge in [-0.1, -0.05) is 35.4 Å². The molecule has 2 aromatic heterocycles. The summed E-state index contributed by atoms with van der Waals surface area (Å²) in [5.74, 6) is 0.907. The minimum atomic E-state index is -3.54. The van der Waals surface area contributed by atoms with Crippen LogP contribution in [0.25, 0.3) is 16.9 Å². The maximum Gasteiger partial charge on any atom is 0.243 e. The number of imidazole rings is 1. The van der Waals surface area contributed by atoms with Gasteiger partial charge in [0.1, 0.15) is 11.3 Å². The normalized spacial score (nSPS) is 15.7.